The Morgan fingerprint density at radius 2 is 2.05 bits per heavy atom. The van der Waals surface area contributed by atoms with E-state index in [0.29, 0.717) is 6.54 Å². The first-order valence-electron chi connectivity index (χ1n) is 7.28. The first-order chi connectivity index (χ1) is 10.3. The molecule has 1 aliphatic rings. The third-order valence-corrected chi connectivity index (χ3v) is 3.67. The van der Waals surface area contributed by atoms with Crippen molar-refractivity contribution < 1.29 is 5.11 Å². The lowest BCUT2D eigenvalue weighted by Crippen LogP contribution is -2.32. The number of rotatable bonds is 4. The van der Waals surface area contributed by atoms with E-state index in [4.69, 9.17) is 5.11 Å². The van der Waals surface area contributed by atoms with E-state index in [-0.39, 0.29) is 6.61 Å². The Morgan fingerprint density at radius 3 is 2.86 bits per heavy atom. The van der Waals surface area contributed by atoms with E-state index in [0.717, 1.165) is 37.0 Å². The Balaban J connectivity index is 1.83. The van der Waals surface area contributed by atoms with Crippen molar-refractivity contribution in [2.45, 2.75) is 19.9 Å². The largest absolute Gasteiger partial charge is 0.395 e. The van der Waals surface area contributed by atoms with Crippen molar-refractivity contribution >= 4 is 11.8 Å². The van der Waals surface area contributed by atoms with Gasteiger partial charge in [0.25, 0.3) is 0 Å². The van der Waals surface area contributed by atoms with Crippen molar-refractivity contribution in [2.24, 2.45) is 0 Å². The highest BCUT2D eigenvalue weighted by atomic mass is 16.3. The number of aryl methyl sites for hydroxylation is 1. The lowest BCUT2D eigenvalue weighted by molar-refractivity contribution is 0.311. The maximum absolute atomic E-state index is 8.91. The first-order valence-corrected chi connectivity index (χ1v) is 7.28. The highest BCUT2D eigenvalue weighted by molar-refractivity contribution is 5.46. The van der Waals surface area contributed by atoms with Crippen LogP contribution in [0.1, 0.15) is 16.8 Å². The molecule has 0 atom stereocenters. The normalized spacial score (nSPS) is 13.9. The van der Waals surface area contributed by atoms with Crippen LogP contribution in [0.3, 0.4) is 0 Å². The molecule has 0 spiro atoms. The molecule has 110 valence electrons. The zero-order valence-electron chi connectivity index (χ0n) is 12.2. The second kappa shape index (κ2) is 6.10. The van der Waals surface area contributed by atoms with E-state index < -0.39 is 0 Å². The summed E-state index contributed by atoms with van der Waals surface area (Å²) in [5.74, 6) is 1.52. The lowest BCUT2D eigenvalue weighted by atomic mass is 10.0. The number of hydrogen-bond donors (Lipinski definition) is 2. The van der Waals surface area contributed by atoms with Crippen LogP contribution in [0.4, 0.5) is 11.8 Å². The monoisotopic (exact) mass is 284 g/mol. The van der Waals surface area contributed by atoms with Gasteiger partial charge in [0.1, 0.15) is 5.82 Å². The topological polar surface area (TPSA) is 61.3 Å². The Bertz CT molecular complexity index is 629. The molecule has 3 rings (SSSR count). The summed E-state index contributed by atoms with van der Waals surface area (Å²) in [6, 6.07) is 10.4. The minimum atomic E-state index is 0.0927. The van der Waals surface area contributed by atoms with Crippen molar-refractivity contribution in [2.75, 3.05) is 29.9 Å². The van der Waals surface area contributed by atoms with E-state index in [9.17, 15) is 0 Å². The third-order valence-electron chi connectivity index (χ3n) is 3.67. The number of fused-ring (bicyclic) bond motifs is 1. The first kappa shape index (κ1) is 13.8. The summed E-state index contributed by atoms with van der Waals surface area (Å²) in [6.07, 6.45) is 1.02. The van der Waals surface area contributed by atoms with Crippen LogP contribution < -0.4 is 10.2 Å². The molecule has 5 heteroatoms. The SMILES string of the molecule is Cc1cc(NCCO)nc(N2CCc3ccccc3C2)n1. The molecule has 5 nitrogen and oxygen atoms in total. The third kappa shape index (κ3) is 3.13. The highest BCUT2D eigenvalue weighted by Gasteiger charge is 2.18. The van der Waals surface area contributed by atoms with Crippen molar-refractivity contribution in [1.29, 1.82) is 0 Å². The molecule has 0 radical (unpaired) electrons. The maximum atomic E-state index is 8.91. The number of nitrogens with zero attached hydrogens (tertiary/aromatic N) is 3. The average Bonchev–Trinajstić information content (AvgIpc) is 2.52. The van der Waals surface area contributed by atoms with Gasteiger partial charge in [0.05, 0.1) is 6.61 Å². The molecule has 21 heavy (non-hydrogen) atoms. The molecule has 1 aromatic heterocycles. The number of nitrogens with one attached hydrogen (secondary N) is 1. The van der Waals surface area contributed by atoms with Gasteiger partial charge < -0.3 is 15.3 Å². The van der Waals surface area contributed by atoms with E-state index in [2.05, 4.69) is 44.5 Å². The zero-order valence-corrected chi connectivity index (χ0v) is 12.2. The van der Waals surface area contributed by atoms with E-state index >= 15 is 0 Å². The van der Waals surface area contributed by atoms with Crippen LogP contribution >= 0.6 is 0 Å². The molecule has 0 unspecified atom stereocenters. The van der Waals surface area contributed by atoms with E-state index in [1.165, 1.54) is 11.1 Å². The maximum Gasteiger partial charge on any atom is 0.227 e. The fraction of sp³-hybridized carbons (Fsp3) is 0.375. The van der Waals surface area contributed by atoms with Gasteiger partial charge in [-0.1, -0.05) is 24.3 Å². The van der Waals surface area contributed by atoms with Crippen LogP contribution in [-0.2, 0) is 13.0 Å². The Morgan fingerprint density at radius 1 is 1.24 bits per heavy atom. The second-order valence-corrected chi connectivity index (χ2v) is 5.29. The molecular weight excluding hydrogens is 264 g/mol. The molecule has 0 aliphatic carbocycles. The van der Waals surface area contributed by atoms with Gasteiger partial charge in [-0.25, -0.2) is 4.98 Å². The Labute approximate surface area is 124 Å². The molecule has 2 N–H and O–H groups in total. The summed E-state index contributed by atoms with van der Waals surface area (Å²) in [5, 5.41) is 12.0. The Hall–Kier alpha value is -2.14. The molecule has 0 saturated carbocycles. The summed E-state index contributed by atoms with van der Waals surface area (Å²) in [5.41, 5.74) is 3.69. The van der Waals surface area contributed by atoms with Gasteiger partial charge in [0, 0.05) is 31.4 Å². The number of benzene rings is 1. The van der Waals surface area contributed by atoms with Gasteiger partial charge >= 0.3 is 0 Å². The summed E-state index contributed by atoms with van der Waals surface area (Å²) in [6.45, 7) is 4.33. The van der Waals surface area contributed by atoms with Crippen LogP contribution in [0.15, 0.2) is 30.3 Å². The molecule has 0 fully saturated rings. The summed E-state index contributed by atoms with van der Waals surface area (Å²) in [7, 11) is 0. The predicted molar refractivity (Wildman–Crippen MR) is 83.5 cm³/mol. The summed E-state index contributed by atoms with van der Waals surface area (Å²) in [4.78, 5) is 11.3. The van der Waals surface area contributed by atoms with Crippen LogP contribution in [0.2, 0.25) is 0 Å². The molecule has 1 aromatic carbocycles. The molecule has 0 saturated heterocycles. The summed E-state index contributed by atoms with van der Waals surface area (Å²) >= 11 is 0. The molecule has 0 bridgehead atoms. The molecular formula is C16H20N4O. The predicted octanol–water partition coefficient (Wildman–Crippen LogP) is 1.75. The van der Waals surface area contributed by atoms with Crippen molar-refractivity contribution in [3.8, 4) is 0 Å². The quantitative estimate of drug-likeness (QED) is 0.895. The number of anilines is 2. The van der Waals surface area contributed by atoms with Crippen molar-refractivity contribution in [1.82, 2.24) is 9.97 Å². The standard InChI is InChI=1S/C16H20N4O/c1-12-10-15(17-7-9-21)19-16(18-12)20-8-6-13-4-2-3-5-14(13)11-20/h2-5,10,21H,6-9,11H2,1H3,(H,17,18,19). The number of aromatic nitrogens is 2. The van der Waals surface area contributed by atoms with E-state index in [1.807, 2.05) is 13.0 Å². The highest BCUT2D eigenvalue weighted by Crippen LogP contribution is 2.23. The number of aliphatic hydroxyl groups is 1. The fourth-order valence-electron chi connectivity index (χ4n) is 2.64. The minimum Gasteiger partial charge on any atom is -0.395 e. The van der Waals surface area contributed by atoms with Gasteiger partial charge in [-0.05, 0) is 24.5 Å². The number of aliphatic hydroxyl groups excluding tert-OH is 1. The van der Waals surface area contributed by atoms with Gasteiger partial charge in [0.15, 0.2) is 0 Å². The van der Waals surface area contributed by atoms with Crippen LogP contribution in [0.25, 0.3) is 0 Å². The lowest BCUT2D eigenvalue weighted by Gasteiger charge is -2.29. The fourth-order valence-corrected chi connectivity index (χ4v) is 2.64. The molecule has 1 aliphatic heterocycles. The van der Waals surface area contributed by atoms with Crippen molar-refractivity contribution in [3.05, 3.63) is 47.2 Å². The van der Waals surface area contributed by atoms with E-state index in [1.54, 1.807) is 0 Å². The number of hydrogen-bond acceptors (Lipinski definition) is 5. The van der Waals surface area contributed by atoms with Gasteiger partial charge in [-0.2, -0.15) is 4.98 Å². The van der Waals surface area contributed by atoms with Crippen LogP contribution in [-0.4, -0.2) is 34.8 Å². The molecule has 2 aromatic rings. The van der Waals surface area contributed by atoms with Crippen molar-refractivity contribution in [3.63, 3.8) is 0 Å². The smallest absolute Gasteiger partial charge is 0.227 e. The average molecular weight is 284 g/mol. The van der Waals surface area contributed by atoms with Gasteiger partial charge in [-0.15, -0.1) is 0 Å². The van der Waals surface area contributed by atoms with Crippen LogP contribution in [0.5, 0.6) is 0 Å². The Kier molecular flexibility index (Phi) is 4.01. The van der Waals surface area contributed by atoms with Gasteiger partial charge in [-0.3, -0.25) is 0 Å². The molecule has 0 amide bonds. The molecule has 2 heterocycles. The van der Waals surface area contributed by atoms with Crippen LogP contribution in [0, 0.1) is 6.92 Å². The zero-order chi connectivity index (χ0) is 14.7. The summed E-state index contributed by atoms with van der Waals surface area (Å²) < 4.78 is 0. The minimum absolute atomic E-state index is 0.0927. The second-order valence-electron chi connectivity index (χ2n) is 5.29. The van der Waals surface area contributed by atoms with Gasteiger partial charge in [0.2, 0.25) is 5.95 Å².